The molecule has 3 rings (SSSR count). The molecule has 0 amide bonds. The maximum absolute atomic E-state index is 2.39. The molecule has 0 nitrogen and oxygen atoms in total. The molecule has 0 fully saturated rings. The van der Waals surface area contributed by atoms with Crippen molar-refractivity contribution in [3.05, 3.63) is 101 Å². The Labute approximate surface area is 165 Å². The van der Waals surface area contributed by atoms with Gasteiger partial charge in [-0.2, -0.15) is 0 Å². The van der Waals surface area contributed by atoms with Crippen LogP contribution in [0.1, 0.15) is 52.2 Å². The minimum atomic E-state index is 0.963. The van der Waals surface area contributed by atoms with Crippen molar-refractivity contribution in [3.63, 3.8) is 0 Å². The topological polar surface area (TPSA) is 0 Å². The van der Waals surface area contributed by atoms with Crippen molar-refractivity contribution in [2.45, 2.75) is 47.5 Å². The Bertz CT molecular complexity index is 902. The van der Waals surface area contributed by atoms with E-state index in [1.165, 1.54) is 38.6 Å². The van der Waals surface area contributed by atoms with Crippen molar-refractivity contribution in [2.75, 3.05) is 0 Å². The molecule has 0 aromatic heterocycles. The highest BCUT2D eigenvalue weighted by molar-refractivity contribution is 5.88. The molecule has 0 atom stereocenters. The normalized spacial score (nSPS) is 10.9. The van der Waals surface area contributed by atoms with Gasteiger partial charge in [-0.25, -0.2) is 0 Å². The molecular weight excluding hydrogens is 324 g/mol. The second kappa shape index (κ2) is 10.5. The summed E-state index contributed by atoms with van der Waals surface area (Å²) >= 11 is 0. The van der Waals surface area contributed by atoms with E-state index < -0.39 is 0 Å². The van der Waals surface area contributed by atoms with Crippen LogP contribution in [0, 0.1) is 0 Å². The summed E-state index contributed by atoms with van der Waals surface area (Å²) in [7, 11) is 0. The number of benzene rings is 3. The van der Waals surface area contributed by atoms with Crippen molar-refractivity contribution >= 4 is 16.3 Å². The predicted molar refractivity (Wildman–Crippen MR) is 122 cm³/mol. The van der Waals surface area contributed by atoms with E-state index in [0.717, 1.165) is 12.8 Å². The third-order valence-corrected chi connectivity index (χ3v) is 4.59. The first-order chi connectivity index (χ1) is 13.2. The molecule has 0 aliphatic heterocycles. The van der Waals surface area contributed by atoms with Crippen molar-refractivity contribution in [1.82, 2.24) is 0 Å². The van der Waals surface area contributed by atoms with E-state index in [1.807, 2.05) is 13.8 Å². The molecule has 0 saturated carbocycles. The third-order valence-electron chi connectivity index (χ3n) is 4.59. The smallest absolute Gasteiger partial charge is 0.00166 e. The largest absolute Gasteiger partial charge is 0.0806 e. The first-order valence-electron chi connectivity index (χ1n) is 10.1. The molecule has 3 aromatic carbocycles. The maximum atomic E-state index is 2.39. The van der Waals surface area contributed by atoms with Crippen LogP contribution in [0.2, 0.25) is 0 Å². The summed E-state index contributed by atoms with van der Waals surface area (Å²) in [5.74, 6) is 0. The highest BCUT2D eigenvalue weighted by Crippen LogP contribution is 2.31. The lowest BCUT2D eigenvalue weighted by atomic mass is 9.88. The number of rotatable bonds is 5. The minimum Gasteiger partial charge on any atom is -0.0806 e. The zero-order chi connectivity index (χ0) is 19.6. The Kier molecular flexibility index (Phi) is 8.07. The number of hydrogen-bond acceptors (Lipinski definition) is 0. The lowest BCUT2D eigenvalue weighted by molar-refractivity contribution is 1.13. The summed E-state index contributed by atoms with van der Waals surface area (Å²) in [5.41, 5.74) is 6.88. The lowest BCUT2D eigenvalue weighted by Crippen LogP contribution is -1.98. The van der Waals surface area contributed by atoms with Gasteiger partial charge >= 0.3 is 0 Å². The fraction of sp³-hybridized carbons (Fsp3) is 0.259. The van der Waals surface area contributed by atoms with Crippen LogP contribution in [0.4, 0.5) is 0 Å². The maximum Gasteiger partial charge on any atom is -0.00166 e. The Morgan fingerprint density at radius 2 is 1.41 bits per heavy atom. The van der Waals surface area contributed by atoms with E-state index in [0.29, 0.717) is 0 Å². The molecule has 140 valence electrons. The van der Waals surface area contributed by atoms with Gasteiger partial charge in [0.15, 0.2) is 0 Å². The van der Waals surface area contributed by atoms with Crippen LogP contribution in [0.15, 0.2) is 90.0 Å². The Balaban J connectivity index is 0.00000126. The van der Waals surface area contributed by atoms with Crippen molar-refractivity contribution in [2.24, 2.45) is 0 Å². The van der Waals surface area contributed by atoms with Crippen molar-refractivity contribution < 1.29 is 0 Å². The number of hydrogen-bond donors (Lipinski definition) is 0. The van der Waals surface area contributed by atoms with Crippen LogP contribution < -0.4 is 0 Å². The van der Waals surface area contributed by atoms with Crippen LogP contribution in [0.5, 0.6) is 0 Å². The molecule has 0 aliphatic rings. The van der Waals surface area contributed by atoms with Gasteiger partial charge in [-0.3, -0.25) is 0 Å². The van der Waals surface area contributed by atoms with Gasteiger partial charge in [0.05, 0.1) is 0 Å². The minimum absolute atomic E-state index is 0.963. The van der Waals surface area contributed by atoms with Crippen LogP contribution >= 0.6 is 0 Å². The Morgan fingerprint density at radius 3 is 2.07 bits per heavy atom. The quantitative estimate of drug-likeness (QED) is 0.404. The van der Waals surface area contributed by atoms with Gasteiger partial charge in [0, 0.05) is 0 Å². The van der Waals surface area contributed by atoms with Crippen LogP contribution in [0.3, 0.4) is 0 Å². The molecule has 0 bridgehead atoms. The van der Waals surface area contributed by atoms with E-state index in [4.69, 9.17) is 0 Å². The van der Waals surface area contributed by atoms with E-state index in [-0.39, 0.29) is 0 Å². The molecule has 0 radical (unpaired) electrons. The molecule has 3 aromatic rings. The Morgan fingerprint density at radius 1 is 0.778 bits per heavy atom. The van der Waals surface area contributed by atoms with Gasteiger partial charge in [0.25, 0.3) is 0 Å². The highest BCUT2D eigenvalue weighted by atomic mass is 14.2. The first-order valence-corrected chi connectivity index (χ1v) is 10.1. The second-order valence-electron chi connectivity index (χ2n) is 6.69. The molecule has 0 aliphatic carbocycles. The van der Waals surface area contributed by atoms with Gasteiger partial charge in [-0.1, -0.05) is 105 Å². The van der Waals surface area contributed by atoms with Gasteiger partial charge in [0.1, 0.15) is 0 Å². The number of fused-ring (bicyclic) bond motifs is 1. The summed E-state index contributed by atoms with van der Waals surface area (Å²) in [6.07, 6.45) is 4.39. The summed E-state index contributed by atoms with van der Waals surface area (Å²) in [6, 6.07) is 26.1. The summed E-state index contributed by atoms with van der Waals surface area (Å²) in [6.45, 7) is 10.7. The zero-order valence-electron chi connectivity index (χ0n) is 17.4. The van der Waals surface area contributed by atoms with Crippen LogP contribution in [-0.4, -0.2) is 0 Å². The van der Waals surface area contributed by atoms with Crippen molar-refractivity contribution in [3.8, 4) is 0 Å². The molecular formula is C27H32. The Hall–Kier alpha value is -2.60. The van der Waals surface area contributed by atoms with Gasteiger partial charge in [-0.05, 0) is 59.7 Å². The average Bonchev–Trinajstić information content (AvgIpc) is 2.71. The monoisotopic (exact) mass is 356 g/mol. The number of allylic oxidation sites excluding steroid dienone is 4. The fourth-order valence-electron chi connectivity index (χ4n) is 3.56. The molecule has 0 heterocycles. The van der Waals surface area contributed by atoms with E-state index in [2.05, 4.69) is 99.6 Å². The molecule has 0 saturated heterocycles. The molecule has 0 spiro atoms. The SMILES string of the molecule is CC.CC/C=C(/Cc1cccc2ccccc12)C(=C(C)C)c1ccccc1. The van der Waals surface area contributed by atoms with E-state index in [1.54, 1.807) is 0 Å². The molecule has 0 unspecified atom stereocenters. The molecule has 0 N–H and O–H groups in total. The third kappa shape index (κ3) is 5.20. The van der Waals surface area contributed by atoms with E-state index in [9.17, 15) is 0 Å². The summed E-state index contributed by atoms with van der Waals surface area (Å²) in [5, 5.41) is 2.67. The summed E-state index contributed by atoms with van der Waals surface area (Å²) in [4.78, 5) is 0. The summed E-state index contributed by atoms with van der Waals surface area (Å²) < 4.78 is 0. The molecule has 27 heavy (non-hydrogen) atoms. The van der Waals surface area contributed by atoms with Gasteiger partial charge < -0.3 is 0 Å². The standard InChI is InChI=1S/C25H26.C2H6/c1-4-11-23(25(19(2)3)21-13-6-5-7-14-21)18-22-16-10-15-20-12-8-9-17-24(20)22;1-2/h5-17H,4,18H2,1-3H3;1-2H3/b23-11-;. The lowest BCUT2D eigenvalue weighted by Gasteiger charge is -2.17. The van der Waals surface area contributed by atoms with E-state index >= 15 is 0 Å². The zero-order valence-corrected chi connectivity index (χ0v) is 17.4. The van der Waals surface area contributed by atoms with Gasteiger partial charge in [-0.15, -0.1) is 0 Å². The van der Waals surface area contributed by atoms with Crippen molar-refractivity contribution in [1.29, 1.82) is 0 Å². The second-order valence-corrected chi connectivity index (χ2v) is 6.69. The fourth-order valence-corrected chi connectivity index (χ4v) is 3.56. The first kappa shape index (κ1) is 20.7. The van der Waals surface area contributed by atoms with Crippen LogP contribution in [-0.2, 0) is 6.42 Å². The predicted octanol–water partition coefficient (Wildman–Crippen LogP) is 8.24. The highest BCUT2D eigenvalue weighted by Gasteiger charge is 2.12. The van der Waals surface area contributed by atoms with Gasteiger partial charge in [0.2, 0.25) is 0 Å². The average molecular weight is 357 g/mol. The molecule has 0 heteroatoms. The van der Waals surface area contributed by atoms with Crippen LogP contribution in [0.25, 0.3) is 16.3 Å².